The van der Waals surface area contributed by atoms with Gasteiger partial charge in [-0.25, -0.2) is 0 Å². The zero-order valence-electron chi connectivity index (χ0n) is 15.7. The number of carbonyl (C=O) groups excluding carboxylic acids is 2. The second-order valence-corrected chi connectivity index (χ2v) is 8.04. The number of benzene rings is 2. The van der Waals surface area contributed by atoms with Crippen LogP contribution in [0.1, 0.15) is 41.7 Å². The highest BCUT2D eigenvalue weighted by Crippen LogP contribution is 2.28. The Morgan fingerprint density at radius 3 is 2.75 bits per heavy atom. The van der Waals surface area contributed by atoms with Crippen LogP contribution in [0.5, 0.6) is 5.75 Å². The van der Waals surface area contributed by atoms with E-state index in [9.17, 15) is 9.59 Å². The second-order valence-electron chi connectivity index (χ2n) is 6.75. The molecule has 3 rings (SSSR count). The number of nitrogens with one attached hydrogen (secondary N) is 1. The number of hydrogen-bond donors (Lipinski definition) is 1. The third-order valence-electron chi connectivity index (χ3n) is 4.94. The van der Waals surface area contributed by atoms with Gasteiger partial charge >= 0.3 is 0 Å². The number of amides is 2. The van der Waals surface area contributed by atoms with E-state index in [1.807, 2.05) is 31.2 Å². The largest absolute Gasteiger partial charge is 0.496 e. The van der Waals surface area contributed by atoms with Crippen molar-refractivity contribution >= 4 is 39.3 Å². The number of hydrogen-bond acceptors (Lipinski definition) is 3. The minimum atomic E-state index is -0.513. The average molecular weight is 466 g/mol. The predicted octanol–water partition coefficient (Wildman–Crippen LogP) is 4.59. The van der Waals surface area contributed by atoms with E-state index in [1.165, 1.54) is 7.11 Å². The molecule has 1 aliphatic heterocycles. The molecule has 148 valence electrons. The number of nitrogens with zero attached hydrogens (tertiary/aromatic N) is 1. The topological polar surface area (TPSA) is 58.6 Å². The maximum atomic E-state index is 13.1. The van der Waals surface area contributed by atoms with Crippen LogP contribution in [0, 0.1) is 0 Å². The summed E-state index contributed by atoms with van der Waals surface area (Å²) in [5, 5.41) is 3.49. The Labute approximate surface area is 178 Å². The molecule has 1 heterocycles. The van der Waals surface area contributed by atoms with Crippen LogP contribution in [0.25, 0.3) is 0 Å². The fourth-order valence-corrected chi connectivity index (χ4v) is 4.30. The Kier molecular flexibility index (Phi) is 6.62. The van der Waals surface area contributed by atoms with E-state index >= 15 is 0 Å². The van der Waals surface area contributed by atoms with Crippen LogP contribution in [-0.4, -0.2) is 36.4 Å². The minimum Gasteiger partial charge on any atom is -0.496 e. The Morgan fingerprint density at radius 2 is 2.04 bits per heavy atom. The molecule has 28 heavy (non-hydrogen) atoms. The summed E-state index contributed by atoms with van der Waals surface area (Å²) in [5.74, 6) is 0.0442. The maximum absolute atomic E-state index is 13.1. The number of halogens is 2. The fourth-order valence-electron chi connectivity index (χ4n) is 3.50. The van der Waals surface area contributed by atoms with Gasteiger partial charge in [0.25, 0.3) is 5.91 Å². The standard InChI is InChI=1S/C21H22BrClN2O3/c1-13(15-6-3-4-7-17(15)22)24-20(26)18-8-5-11-25(18)21(27)16-12-14(23)9-10-19(16)28-2/h3-4,6-7,9-10,12-13,18H,5,8,11H2,1-2H3,(H,24,26). The van der Waals surface area contributed by atoms with Gasteiger partial charge in [-0.05, 0) is 49.6 Å². The van der Waals surface area contributed by atoms with E-state index < -0.39 is 6.04 Å². The number of ether oxygens (including phenoxy) is 1. The highest BCUT2D eigenvalue weighted by atomic mass is 79.9. The van der Waals surface area contributed by atoms with E-state index in [1.54, 1.807) is 23.1 Å². The zero-order chi connectivity index (χ0) is 20.3. The van der Waals surface area contributed by atoms with Crippen LogP contribution in [0.2, 0.25) is 5.02 Å². The van der Waals surface area contributed by atoms with Crippen LogP contribution in [0.4, 0.5) is 0 Å². The van der Waals surface area contributed by atoms with Crippen molar-refractivity contribution in [3.63, 3.8) is 0 Å². The minimum absolute atomic E-state index is 0.157. The van der Waals surface area contributed by atoms with Crippen molar-refractivity contribution in [3.8, 4) is 5.75 Å². The monoisotopic (exact) mass is 464 g/mol. The first-order chi connectivity index (χ1) is 13.4. The van der Waals surface area contributed by atoms with Gasteiger partial charge in [0.1, 0.15) is 11.8 Å². The van der Waals surface area contributed by atoms with Gasteiger partial charge in [0.15, 0.2) is 0 Å². The van der Waals surface area contributed by atoms with E-state index in [0.29, 0.717) is 29.3 Å². The Bertz CT molecular complexity index is 890. The lowest BCUT2D eigenvalue weighted by Gasteiger charge is -2.26. The van der Waals surface area contributed by atoms with Gasteiger partial charge in [0.2, 0.25) is 5.91 Å². The van der Waals surface area contributed by atoms with Gasteiger partial charge in [-0.3, -0.25) is 9.59 Å². The van der Waals surface area contributed by atoms with Crippen LogP contribution >= 0.6 is 27.5 Å². The number of rotatable bonds is 5. The SMILES string of the molecule is COc1ccc(Cl)cc1C(=O)N1CCCC1C(=O)NC(C)c1ccccc1Br. The first-order valence-electron chi connectivity index (χ1n) is 9.11. The van der Waals surface area contributed by atoms with Crippen LogP contribution in [0.15, 0.2) is 46.9 Å². The molecule has 7 heteroatoms. The van der Waals surface area contributed by atoms with Crippen molar-refractivity contribution in [1.82, 2.24) is 10.2 Å². The average Bonchev–Trinajstić information content (AvgIpc) is 3.17. The van der Waals surface area contributed by atoms with Gasteiger partial charge in [0, 0.05) is 16.0 Å². The van der Waals surface area contributed by atoms with Gasteiger partial charge in [0.05, 0.1) is 18.7 Å². The van der Waals surface area contributed by atoms with Crippen molar-refractivity contribution in [3.05, 3.63) is 63.1 Å². The van der Waals surface area contributed by atoms with Gasteiger partial charge in [-0.15, -0.1) is 0 Å². The molecule has 1 fully saturated rings. The van der Waals surface area contributed by atoms with Gasteiger partial charge in [-0.1, -0.05) is 45.7 Å². The van der Waals surface area contributed by atoms with Gasteiger partial charge < -0.3 is 15.0 Å². The van der Waals surface area contributed by atoms with E-state index in [0.717, 1.165) is 16.5 Å². The summed E-state index contributed by atoms with van der Waals surface area (Å²) in [6.45, 7) is 2.45. The Hall–Kier alpha value is -2.05. The zero-order valence-corrected chi connectivity index (χ0v) is 18.1. The third-order valence-corrected chi connectivity index (χ3v) is 5.90. The predicted molar refractivity (Wildman–Crippen MR) is 113 cm³/mol. The molecule has 5 nitrogen and oxygen atoms in total. The lowest BCUT2D eigenvalue weighted by molar-refractivity contribution is -0.125. The molecule has 2 unspecified atom stereocenters. The summed E-state index contributed by atoms with van der Waals surface area (Å²) < 4.78 is 6.24. The van der Waals surface area contributed by atoms with Crippen molar-refractivity contribution in [2.45, 2.75) is 31.8 Å². The number of methoxy groups -OCH3 is 1. The van der Waals surface area contributed by atoms with E-state index in [2.05, 4.69) is 21.2 Å². The first kappa shape index (κ1) is 20.7. The number of likely N-dealkylation sites (tertiary alicyclic amines) is 1. The molecule has 0 saturated carbocycles. The third kappa shape index (κ3) is 4.33. The molecular weight excluding hydrogens is 444 g/mol. The lowest BCUT2D eigenvalue weighted by atomic mass is 10.1. The second kappa shape index (κ2) is 8.97. The Morgan fingerprint density at radius 1 is 1.29 bits per heavy atom. The quantitative estimate of drug-likeness (QED) is 0.702. The smallest absolute Gasteiger partial charge is 0.258 e. The molecule has 0 aromatic heterocycles. The van der Waals surface area contributed by atoms with Crippen LogP contribution in [0.3, 0.4) is 0 Å². The molecule has 2 atom stereocenters. The molecule has 0 bridgehead atoms. The van der Waals surface area contributed by atoms with E-state index in [-0.39, 0.29) is 17.9 Å². The highest BCUT2D eigenvalue weighted by molar-refractivity contribution is 9.10. The molecule has 0 radical (unpaired) electrons. The van der Waals surface area contributed by atoms with Crippen molar-refractivity contribution < 1.29 is 14.3 Å². The summed E-state index contributed by atoms with van der Waals surface area (Å²) in [6, 6.07) is 12.0. The van der Waals surface area contributed by atoms with Crippen molar-refractivity contribution in [1.29, 1.82) is 0 Å². The van der Waals surface area contributed by atoms with Crippen LogP contribution in [-0.2, 0) is 4.79 Å². The number of carbonyl (C=O) groups is 2. The summed E-state index contributed by atoms with van der Waals surface area (Å²) in [4.78, 5) is 27.6. The molecule has 1 aliphatic rings. The molecule has 2 aromatic carbocycles. The molecular formula is C21H22BrClN2O3. The normalized spacial score (nSPS) is 17.3. The molecule has 2 aromatic rings. The van der Waals surface area contributed by atoms with Crippen molar-refractivity contribution in [2.24, 2.45) is 0 Å². The molecule has 2 amide bonds. The summed E-state index contributed by atoms with van der Waals surface area (Å²) in [7, 11) is 1.51. The molecule has 0 aliphatic carbocycles. The van der Waals surface area contributed by atoms with Crippen molar-refractivity contribution in [2.75, 3.05) is 13.7 Å². The summed E-state index contributed by atoms with van der Waals surface area (Å²) >= 11 is 9.58. The molecule has 0 spiro atoms. The highest BCUT2D eigenvalue weighted by Gasteiger charge is 2.36. The Balaban J connectivity index is 1.77. The first-order valence-corrected chi connectivity index (χ1v) is 10.3. The fraction of sp³-hybridized carbons (Fsp3) is 0.333. The molecule has 1 N–H and O–H groups in total. The molecule has 1 saturated heterocycles. The van der Waals surface area contributed by atoms with Crippen LogP contribution < -0.4 is 10.1 Å². The van der Waals surface area contributed by atoms with E-state index in [4.69, 9.17) is 16.3 Å². The summed E-state index contributed by atoms with van der Waals surface area (Å²) in [6.07, 6.45) is 1.40. The maximum Gasteiger partial charge on any atom is 0.258 e. The van der Waals surface area contributed by atoms with Gasteiger partial charge in [-0.2, -0.15) is 0 Å². The lowest BCUT2D eigenvalue weighted by Crippen LogP contribution is -2.46. The summed E-state index contributed by atoms with van der Waals surface area (Å²) in [5.41, 5.74) is 1.36.